The molecular formula is C20H15ClFNO2S. The van der Waals surface area contributed by atoms with Crippen molar-refractivity contribution in [1.82, 2.24) is 0 Å². The smallest absolute Gasteiger partial charge is 0.415 e. The summed E-state index contributed by atoms with van der Waals surface area (Å²) < 4.78 is 18.9. The van der Waals surface area contributed by atoms with Crippen molar-refractivity contribution in [2.45, 2.75) is 18.6 Å². The summed E-state index contributed by atoms with van der Waals surface area (Å²) in [6.45, 7) is 0. The topological polar surface area (TPSA) is 29.5 Å². The molecule has 4 rings (SSSR count). The van der Waals surface area contributed by atoms with Crippen LogP contribution in [0.3, 0.4) is 0 Å². The third-order valence-corrected chi connectivity index (χ3v) is 5.63. The number of rotatable bonds is 3. The van der Waals surface area contributed by atoms with Crippen molar-refractivity contribution in [2.75, 3.05) is 4.90 Å². The van der Waals surface area contributed by atoms with Crippen LogP contribution in [-0.4, -0.2) is 6.09 Å². The molecule has 132 valence electrons. The third kappa shape index (κ3) is 3.32. The van der Waals surface area contributed by atoms with Gasteiger partial charge in [0, 0.05) is 22.0 Å². The van der Waals surface area contributed by atoms with Crippen LogP contribution in [0.4, 0.5) is 14.9 Å². The molecule has 26 heavy (non-hydrogen) atoms. The molecule has 1 saturated heterocycles. The first kappa shape index (κ1) is 17.1. The Labute approximate surface area is 159 Å². The molecule has 1 aliphatic rings. The van der Waals surface area contributed by atoms with E-state index in [4.69, 9.17) is 16.3 Å². The van der Waals surface area contributed by atoms with Gasteiger partial charge in [0.25, 0.3) is 0 Å². The molecule has 2 aromatic carbocycles. The maximum Gasteiger partial charge on any atom is 0.415 e. The summed E-state index contributed by atoms with van der Waals surface area (Å²) in [5.41, 5.74) is 1.52. The molecule has 1 fully saturated rings. The van der Waals surface area contributed by atoms with E-state index in [2.05, 4.69) is 0 Å². The van der Waals surface area contributed by atoms with Crippen molar-refractivity contribution >= 4 is 34.7 Å². The Morgan fingerprint density at radius 3 is 2.46 bits per heavy atom. The Balaban J connectivity index is 1.70. The SMILES string of the molecule is O=C1OC(c2ccc(F)cc2)CC(c2cccs2)N1c1ccc(Cl)cc1. The zero-order valence-electron chi connectivity index (χ0n) is 13.6. The van der Waals surface area contributed by atoms with Gasteiger partial charge in [-0.15, -0.1) is 11.3 Å². The maximum absolute atomic E-state index is 13.2. The number of halogens is 2. The van der Waals surface area contributed by atoms with Gasteiger partial charge in [-0.1, -0.05) is 29.8 Å². The second-order valence-corrected chi connectivity index (χ2v) is 7.45. The zero-order chi connectivity index (χ0) is 18.1. The molecule has 3 aromatic rings. The van der Waals surface area contributed by atoms with E-state index in [1.165, 1.54) is 12.1 Å². The van der Waals surface area contributed by atoms with Crippen molar-refractivity contribution in [1.29, 1.82) is 0 Å². The van der Waals surface area contributed by atoms with E-state index < -0.39 is 12.2 Å². The summed E-state index contributed by atoms with van der Waals surface area (Å²) in [7, 11) is 0. The van der Waals surface area contributed by atoms with E-state index in [0.29, 0.717) is 11.4 Å². The Morgan fingerprint density at radius 2 is 1.81 bits per heavy atom. The highest BCUT2D eigenvalue weighted by atomic mass is 35.5. The molecule has 2 heterocycles. The molecule has 1 aliphatic heterocycles. The van der Waals surface area contributed by atoms with E-state index in [1.54, 1.807) is 40.5 Å². The lowest BCUT2D eigenvalue weighted by Crippen LogP contribution is -2.41. The summed E-state index contributed by atoms with van der Waals surface area (Å²) >= 11 is 7.57. The van der Waals surface area contributed by atoms with Crippen molar-refractivity contribution in [3.8, 4) is 0 Å². The average molecular weight is 388 g/mol. The minimum Gasteiger partial charge on any atom is -0.441 e. The molecule has 0 aliphatic carbocycles. The molecule has 2 atom stereocenters. The number of hydrogen-bond donors (Lipinski definition) is 0. The molecule has 0 N–H and O–H groups in total. The van der Waals surface area contributed by atoms with Crippen molar-refractivity contribution in [3.63, 3.8) is 0 Å². The van der Waals surface area contributed by atoms with Crippen LogP contribution in [0.25, 0.3) is 0 Å². The summed E-state index contributed by atoms with van der Waals surface area (Å²) in [5.74, 6) is -0.312. The molecule has 0 bridgehead atoms. The third-order valence-electron chi connectivity index (χ3n) is 4.41. The van der Waals surface area contributed by atoms with Gasteiger partial charge in [0.15, 0.2) is 0 Å². The highest BCUT2D eigenvalue weighted by Gasteiger charge is 2.38. The minimum atomic E-state index is -0.425. The largest absolute Gasteiger partial charge is 0.441 e. The second kappa shape index (κ2) is 7.09. The number of amides is 1. The molecular weight excluding hydrogens is 373 g/mol. The number of thiophene rings is 1. The predicted octanol–water partition coefficient (Wildman–Crippen LogP) is 6.37. The monoisotopic (exact) mass is 387 g/mol. The van der Waals surface area contributed by atoms with Crippen molar-refractivity contribution < 1.29 is 13.9 Å². The van der Waals surface area contributed by atoms with Gasteiger partial charge in [-0.2, -0.15) is 0 Å². The highest BCUT2D eigenvalue weighted by molar-refractivity contribution is 7.10. The maximum atomic E-state index is 13.2. The van der Waals surface area contributed by atoms with Gasteiger partial charge in [0.05, 0.1) is 6.04 Å². The Kier molecular flexibility index (Phi) is 4.66. The number of nitrogens with zero attached hydrogens (tertiary/aromatic N) is 1. The average Bonchev–Trinajstić information content (AvgIpc) is 3.17. The Morgan fingerprint density at radius 1 is 1.08 bits per heavy atom. The second-order valence-electron chi connectivity index (χ2n) is 6.04. The van der Waals surface area contributed by atoms with Crippen LogP contribution in [0.15, 0.2) is 66.0 Å². The van der Waals surface area contributed by atoms with Crippen LogP contribution in [0.2, 0.25) is 5.02 Å². The van der Waals surface area contributed by atoms with E-state index in [9.17, 15) is 9.18 Å². The van der Waals surface area contributed by atoms with Crippen LogP contribution in [0, 0.1) is 5.82 Å². The standard InChI is InChI=1S/C20H15ClFNO2S/c21-14-5-9-16(10-6-14)23-17(19-2-1-11-26-19)12-18(25-20(23)24)13-3-7-15(22)8-4-13/h1-11,17-18H,12H2. The quantitative estimate of drug-likeness (QED) is 0.522. The first-order chi connectivity index (χ1) is 12.6. The van der Waals surface area contributed by atoms with Gasteiger partial charge >= 0.3 is 6.09 Å². The summed E-state index contributed by atoms with van der Waals surface area (Å²) in [6.07, 6.45) is -0.259. The first-order valence-electron chi connectivity index (χ1n) is 8.16. The molecule has 1 aromatic heterocycles. The lowest BCUT2D eigenvalue weighted by atomic mass is 9.97. The lowest BCUT2D eigenvalue weighted by Gasteiger charge is -2.38. The zero-order valence-corrected chi connectivity index (χ0v) is 15.2. The lowest BCUT2D eigenvalue weighted by molar-refractivity contribution is 0.0715. The molecule has 3 nitrogen and oxygen atoms in total. The number of benzene rings is 2. The van der Waals surface area contributed by atoms with Crippen LogP contribution in [0.5, 0.6) is 0 Å². The number of ether oxygens (including phenoxy) is 1. The van der Waals surface area contributed by atoms with Gasteiger partial charge in [-0.05, 0) is 53.4 Å². The van der Waals surface area contributed by atoms with Crippen LogP contribution in [0.1, 0.15) is 29.0 Å². The molecule has 1 amide bonds. The first-order valence-corrected chi connectivity index (χ1v) is 9.42. The molecule has 6 heteroatoms. The van der Waals surface area contributed by atoms with Crippen LogP contribution < -0.4 is 4.90 Å². The molecule has 2 unspecified atom stereocenters. The Bertz CT molecular complexity index is 897. The number of anilines is 1. The van der Waals surface area contributed by atoms with E-state index >= 15 is 0 Å². The normalized spacial score (nSPS) is 20.1. The van der Waals surface area contributed by atoms with Crippen LogP contribution in [-0.2, 0) is 4.74 Å². The van der Waals surface area contributed by atoms with E-state index in [0.717, 1.165) is 16.1 Å². The molecule has 0 radical (unpaired) electrons. The fourth-order valence-electron chi connectivity index (χ4n) is 3.15. The summed E-state index contributed by atoms with van der Waals surface area (Å²) in [4.78, 5) is 15.6. The number of hydrogen-bond acceptors (Lipinski definition) is 3. The van der Waals surface area contributed by atoms with E-state index in [-0.39, 0.29) is 11.9 Å². The van der Waals surface area contributed by atoms with Gasteiger partial charge in [-0.25, -0.2) is 9.18 Å². The summed E-state index contributed by atoms with van der Waals surface area (Å²) in [6, 6.07) is 17.0. The Hall–Kier alpha value is -2.37. The minimum absolute atomic E-state index is 0.160. The predicted molar refractivity (Wildman–Crippen MR) is 101 cm³/mol. The van der Waals surface area contributed by atoms with E-state index in [1.807, 2.05) is 29.6 Å². The van der Waals surface area contributed by atoms with Crippen molar-refractivity contribution in [2.24, 2.45) is 0 Å². The highest BCUT2D eigenvalue weighted by Crippen LogP contribution is 2.42. The van der Waals surface area contributed by atoms with Crippen LogP contribution >= 0.6 is 22.9 Å². The van der Waals surface area contributed by atoms with Gasteiger partial charge in [0.1, 0.15) is 11.9 Å². The van der Waals surface area contributed by atoms with Gasteiger partial charge in [-0.3, -0.25) is 4.90 Å². The fraction of sp³-hybridized carbons (Fsp3) is 0.150. The van der Waals surface area contributed by atoms with Gasteiger partial charge < -0.3 is 4.74 Å². The number of carbonyl (C=O) groups excluding carboxylic acids is 1. The fourth-order valence-corrected chi connectivity index (χ4v) is 4.11. The summed E-state index contributed by atoms with van der Waals surface area (Å²) in [5, 5.41) is 2.60. The molecule has 0 spiro atoms. The number of cyclic esters (lactones) is 1. The molecule has 0 saturated carbocycles. The van der Waals surface area contributed by atoms with Crippen molar-refractivity contribution in [3.05, 3.63) is 87.3 Å². The number of carbonyl (C=O) groups is 1. The van der Waals surface area contributed by atoms with Gasteiger partial charge in [0.2, 0.25) is 0 Å².